The van der Waals surface area contributed by atoms with Crippen molar-refractivity contribution in [3.8, 4) is 5.88 Å². The topological polar surface area (TPSA) is 79.4 Å². The molecule has 33 heavy (non-hydrogen) atoms. The number of aryl methyl sites for hydroxylation is 1. The molecular weight excluding hydrogens is 482 g/mol. The number of nitrogens with zero attached hydrogens (tertiary/aromatic N) is 3. The molecule has 0 saturated carbocycles. The highest BCUT2D eigenvalue weighted by Gasteiger charge is 2.20. The fraction of sp³-hybridized carbons (Fsp3) is 0.320. The maximum Gasteiger partial charge on any atom is 0.262 e. The number of ether oxygens (including phenoxy) is 1. The number of aromatic nitrogens is 2. The maximum atomic E-state index is 12.8. The predicted octanol–water partition coefficient (Wildman–Crippen LogP) is 5.36. The number of para-hydroxylation sites is 1. The maximum absolute atomic E-state index is 12.8. The fourth-order valence-corrected chi connectivity index (χ4v) is 4.53. The van der Waals surface area contributed by atoms with Crippen molar-refractivity contribution >= 4 is 39.2 Å². The van der Waals surface area contributed by atoms with Gasteiger partial charge in [0.2, 0.25) is 11.8 Å². The predicted molar refractivity (Wildman–Crippen MR) is 135 cm³/mol. The Labute approximate surface area is 202 Å². The lowest BCUT2D eigenvalue weighted by atomic mass is 9.87. The Balaban J connectivity index is 1.48. The molecule has 0 radical (unpaired) electrons. The molecule has 0 unspecified atom stereocenters. The van der Waals surface area contributed by atoms with E-state index in [4.69, 9.17) is 4.74 Å². The molecule has 2 N–H and O–H groups in total. The standard InChI is InChI=1S/C25H28BrN5O2/c1-16-14-18(8-9-19(16)17-10-12-31(2)13-11-17)28-25-27-15-20(24(30-25)33-3)23(32)29-22-7-5-4-6-21(22)26/h4-9,14-15,17H,10-13H2,1-3H3,(H,29,32)(H,27,28,30). The van der Waals surface area contributed by atoms with Crippen LogP contribution in [0.1, 0.15) is 40.2 Å². The van der Waals surface area contributed by atoms with Gasteiger partial charge in [-0.3, -0.25) is 4.79 Å². The Kier molecular flexibility index (Phi) is 7.25. The number of hydrogen-bond acceptors (Lipinski definition) is 6. The highest BCUT2D eigenvalue weighted by atomic mass is 79.9. The zero-order chi connectivity index (χ0) is 23.4. The number of rotatable bonds is 6. The van der Waals surface area contributed by atoms with E-state index in [0.717, 1.165) is 23.2 Å². The summed E-state index contributed by atoms with van der Waals surface area (Å²) < 4.78 is 6.16. The van der Waals surface area contributed by atoms with Gasteiger partial charge in [-0.25, -0.2) is 4.98 Å². The van der Waals surface area contributed by atoms with Gasteiger partial charge in [-0.2, -0.15) is 4.98 Å². The van der Waals surface area contributed by atoms with E-state index in [1.807, 2.05) is 24.3 Å². The normalized spacial score (nSPS) is 14.7. The van der Waals surface area contributed by atoms with Crippen LogP contribution in [-0.2, 0) is 0 Å². The second-order valence-electron chi connectivity index (χ2n) is 8.32. The van der Waals surface area contributed by atoms with E-state index in [0.29, 0.717) is 17.6 Å². The van der Waals surface area contributed by atoms with Crippen LogP contribution in [0.25, 0.3) is 0 Å². The van der Waals surface area contributed by atoms with E-state index in [2.05, 4.69) is 73.6 Å². The molecule has 1 saturated heterocycles. The Bertz CT molecular complexity index is 1150. The highest BCUT2D eigenvalue weighted by Crippen LogP contribution is 2.32. The van der Waals surface area contributed by atoms with Crippen LogP contribution < -0.4 is 15.4 Å². The molecule has 0 aliphatic carbocycles. The van der Waals surface area contributed by atoms with Gasteiger partial charge in [0.05, 0.1) is 12.8 Å². The second kappa shape index (κ2) is 10.3. The Morgan fingerprint density at radius 3 is 2.64 bits per heavy atom. The molecular formula is C25H28BrN5O2. The van der Waals surface area contributed by atoms with Crippen LogP contribution in [0, 0.1) is 6.92 Å². The van der Waals surface area contributed by atoms with E-state index >= 15 is 0 Å². The molecule has 1 aliphatic rings. The number of carbonyl (C=O) groups excluding carboxylic acids is 1. The number of nitrogens with one attached hydrogen (secondary N) is 2. The summed E-state index contributed by atoms with van der Waals surface area (Å²) in [6, 6.07) is 13.8. The van der Waals surface area contributed by atoms with E-state index in [1.165, 1.54) is 37.3 Å². The first-order valence-electron chi connectivity index (χ1n) is 11.0. The van der Waals surface area contributed by atoms with Crippen LogP contribution in [-0.4, -0.2) is 48.0 Å². The fourth-order valence-electron chi connectivity index (χ4n) is 4.15. The minimum absolute atomic E-state index is 0.205. The van der Waals surface area contributed by atoms with Crippen LogP contribution in [0.5, 0.6) is 5.88 Å². The minimum atomic E-state index is -0.344. The number of methoxy groups -OCH3 is 1. The number of benzene rings is 2. The monoisotopic (exact) mass is 509 g/mol. The molecule has 172 valence electrons. The number of anilines is 3. The third-order valence-electron chi connectivity index (χ3n) is 6.00. The third-order valence-corrected chi connectivity index (χ3v) is 6.69. The van der Waals surface area contributed by atoms with Gasteiger partial charge in [-0.05, 0) is 97.1 Å². The zero-order valence-corrected chi connectivity index (χ0v) is 20.6. The van der Waals surface area contributed by atoms with Crippen LogP contribution in [0.4, 0.5) is 17.3 Å². The molecule has 0 spiro atoms. The van der Waals surface area contributed by atoms with Gasteiger partial charge in [0.1, 0.15) is 5.56 Å². The van der Waals surface area contributed by atoms with Crippen LogP contribution >= 0.6 is 15.9 Å². The van der Waals surface area contributed by atoms with Crippen molar-refractivity contribution in [2.75, 3.05) is 37.9 Å². The molecule has 7 nitrogen and oxygen atoms in total. The van der Waals surface area contributed by atoms with E-state index < -0.39 is 0 Å². The quantitative estimate of drug-likeness (QED) is 0.465. The van der Waals surface area contributed by atoms with Crippen molar-refractivity contribution < 1.29 is 9.53 Å². The third kappa shape index (κ3) is 5.51. The van der Waals surface area contributed by atoms with E-state index in [9.17, 15) is 4.79 Å². The molecule has 2 aromatic carbocycles. The van der Waals surface area contributed by atoms with Crippen LogP contribution in [0.3, 0.4) is 0 Å². The number of carbonyl (C=O) groups is 1. The van der Waals surface area contributed by atoms with E-state index in [-0.39, 0.29) is 17.4 Å². The Morgan fingerprint density at radius 1 is 1.18 bits per heavy atom. The summed E-state index contributed by atoms with van der Waals surface area (Å²) >= 11 is 3.43. The summed E-state index contributed by atoms with van der Waals surface area (Å²) in [5.41, 5.74) is 4.48. The van der Waals surface area contributed by atoms with Crippen molar-refractivity contribution in [1.82, 2.24) is 14.9 Å². The van der Waals surface area contributed by atoms with Crippen molar-refractivity contribution in [3.05, 3.63) is 69.8 Å². The van der Waals surface area contributed by atoms with Crippen LogP contribution in [0.2, 0.25) is 0 Å². The smallest absolute Gasteiger partial charge is 0.262 e. The van der Waals surface area contributed by atoms with Crippen molar-refractivity contribution in [1.29, 1.82) is 0 Å². The minimum Gasteiger partial charge on any atom is -0.480 e. The molecule has 0 bridgehead atoms. The molecule has 1 fully saturated rings. The van der Waals surface area contributed by atoms with Gasteiger partial charge >= 0.3 is 0 Å². The summed E-state index contributed by atoms with van der Waals surface area (Å²) in [5, 5.41) is 6.08. The first-order valence-corrected chi connectivity index (χ1v) is 11.8. The average Bonchev–Trinajstić information content (AvgIpc) is 2.81. The first kappa shape index (κ1) is 23.2. The molecule has 8 heteroatoms. The molecule has 1 amide bonds. The summed E-state index contributed by atoms with van der Waals surface area (Å²) in [7, 11) is 3.67. The van der Waals surface area contributed by atoms with Crippen LogP contribution in [0.15, 0.2) is 53.1 Å². The van der Waals surface area contributed by atoms with Gasteiger partial charge in [0.15, 0.2) is 0 Å². The Hall–Kier alpha value is -2.97. The number of halogens is 1. The first-order chi connectivity index (χ1) is 15.9. The van der Waals surface area contributed by atoms with Crippen molar-refractivity contribution in [2.24, 2.45) is 0 Å². The van der Waals surface area contributed by atoms with Crippen molar-refractivity contribution in [2.45, 2.75) is 25.7 Å². The molecule has 4 rings (SSSR count). The highest BCUT2D eigenvalue weighted by molar-refractivity contribution is 9.10. The summed E-state index contributed by atoms with van der Waals surface area (Å²) in [4.78, 5) is 23.9. The molecule has 1 aromatic heterocycles. The molecule has 1 aliphatic heterocycles. The number of likely N-dealkylation sites (tertiary alicyclic amines) is 1. The summed E-state index contributed by atoms with van der Waals surface area (Å²) in [5.74, 6) is 0.838. The van der Waals surface area contributed by atoms with Crippen molar-refractivity contribution in [3.63, 3.8) is 0 Å². The molecule has 3 aromatic rings. The largest absolute Gasteiger partial charge is 0.480 e. The number of piperidine rings is 1. The van der Waals surface area contributed by atoms with Gasteiger partial charge < -0.3 is 20.3 Å². The molecule has 2 heterocycles. The Morgan fingerprint density at radius 2 is 1.94 bits per heavy atom. The van der Waals surface area contributed by atoms with Gasteiger partial charge in [0, 0.05) is 16.4 Å². The lowest BCUT2D eigenvalue weighted by Gasteiger charge is -2.30. The second-order valence-corrected chi connectivity index (χ2v) is 9.18. The van der Waals surface area contributed by atoms with Gasteiger partial charge in [-0.1, -0.05) is 18.2 Å². The zero-order valence-electron chi connectivity index (χ0n) is 19.1. The average molecular weight is 510 g/mol. The van der Waals surface area contributed by atoms with Gasteiger partial charge in [-0.15, -0.1) is 0 Å². The lowest BCUT2D eigenvalue weighted by molar-refractivity contribution is 0.102. The number of amides is 1. The number of hydrogen-bond donors (Lipinski definition) is 2. The summed E-state index contributed by atoms with van der Waals surface area (Å²) in [6.07, 6.45) is 3.85. The van der Waals surface area contributed by atoms with E-state index in [1.54, 1.807) is 0 Å². The molecule has 0 atom stereocenters. The van der Waals surface area contributed by atoms with Gasteiger partial charge in [0.25, 0.3) is 5.91 Å². The summed E-state index contributed by atoms with van der Waals surface area (Å²) in [6.45, 7) is 4.42. The SMILES string of the molecule is COc1nc(Nc2ccc(C3CCN(C)CC3)c(C)c2)ncc1C(=O)Nc1ccccc1Br. The lowest BCUT2D eigenvalue weighted by Crippen LogP contribution is -2.29.